The van der Waals surface area contributed by atoms with Crippen LogP contribution in [-0.4, -0.2) is 24.0 Å². The molecule has 0 aliphatic carbocycles. The second kappa shape index (κ2) is 6.33. The number of anilines is 1. The van der Waals surface area contributed by atoms with Crippen molar-refractivity contribution in [2.75, 3.05) is 11.9 Å². The van der Waals surface area contributed by atoms with E-state index in [-0.39, 0.29) is 11.9 Å². The summed E-state index contributed by atoms with van der Waals surface area (Å²) >= 11 is 0. The molecule has 104 valence electrons. The highest BCUT2D eigenvalue weighted by Crippen LogP contribution is 2.12. The Morgan fingerprint density at radius 3 is 2.32 bits per heavy atom. The van der Waals surface area contributed by atoms with Crippen molar-refractivity contribution in [3.63, 3.8) is 0 Å². The lowest BCUT2D eigenvalue weighted by Gasteiger charge is -2.17. The predicted molar refractivity (Wildman–Crippen MR) is 73.9 cm³/mol. The molecule has 0 spiro atoms. The van der Waals surface area contributed by atoms with Crippen LogP contribution in [0.5, 0.6) is 0 Å². The average molecular weight is 264 g/mol. The average Bonchev–Trinajstić information content (AvgIpc) is 2.35. The molecule has 0 bridgehead atoms. The Labute approximate surface area is 113 Å². The molecule has 0 saturated heterocycles. The Bertz CT molecular complexity index is 447. The quantitative estimate of drug-likeness (QED) is 0.796. The number of rotatable bonds is 5. The molecule has 0 heterocycles. The Morgan fingerprint density at radius 2 is 1.84 bits per heavy atom. The van der Waals surface area contributed by atoms with E-state index in [1.54, 1.807) is 38.1 Å². The van der Waals surface area contributed by atoms with Crippen LogP contribution in [0.15, 0.2) is 24.3 Å². The van der Waals surface area contributed by atoms with E-state index in [0.717, 1.165) is 6.42 Å². The molecule has 0 radical (unpaired) electrons. The van der Waals surface area contributed by atoms with Crippen LogP contribution in [0, 0.1) is 0 Å². The molecular formula is C14H20N2O3. The van der Waals surface area contributed by atoms with Crippen LogP contribution in [0.2, 0.25) is 0 Å². The van der Waals surface area contributed by atoms with E-state index in [0.29, 0.717) is 17.9 Å². The minimum absolute atomic E-state index is 0.284. The molecule has 0 fully saturated rings. The summed E-state index contributed by atoms with van der Waals surface area (Å²) < 4.78 is 5.01. The Balaban J connectivity index is 2.67. The van der Waals surface area contributed by atoms with Gasteiger partial charge in [0.2, 0.25) is 5.91 Å². The standard InChI is InChI=1S/C14H20N2O3/c1-4-9-19-12(17)10-5-7-11(8-6-10)16-13(18)14(2,3)15/h5-8H,4,9,15H2,1-3H3,(H,16,18). The molecule has 0 aromatic heterocycles. The van der Waals surface area contributed by atoms with Gasteiger partial charge in [-0.05, 0) is 44.5 Å². The fraction of sp³-hybridized carbons (Fsp3) is 0.429. The van der Waals surface area contributed by atoms with Crippen molar-refractivity contribution in [1.29, 1.82) is 0 Å². The molecule has 0 aliphatic heterocycles. The fourth-order valence-electron chi connectivity index (χ4n) is 1.26. The maximum Gasteiger partial charge on any atom is 0.338 e. The van der Waals surface area contributed by atoms with Gasteiger partial charge < -0.3 is 15.8 Å². The number of carbonyl (C=O) groups excluding carboxylic acids is 2. The summed E-state index contributed by atoms with van der Waals surface area (Å²) in [4.78, 5) is 23.2. The highest BCUT2D eigenvalue weighted by Gasteiger charge is 2.21. The summed E-state index contributed by atoms with van der Waals surface area (Å²) in [6.07, 6.45) is 0.783. The summed E-state index contributed by atoms with van der Waals surface area (Å²) in [5.41, 5.74) is 5.78. The molecule has 5 nitrogen and oxygen atoms in total. The number of ether oxygens (including phenoxy) is 1. The van der Waals surface area contributed by atoms with E-state index < -0.39 is 5.54 Å². The molecule has 1 aromatic rings. The van der Waals surface area contributed by atoms with E-state index in [4.69, 9.17) is 10.5 Å². The fourth-order valence-corrected chi connectivity index (χ4v) is 1.26. The zero-order valence-corrected chi connectivity index (χ0v) is 11.5. The first kappa shape index (κ1) is 15.2. The Kier molecular flexibility index (Phi) is 5.06. The summed E-state index contributed by atoms with van der Waals surface area (Å²) in [7, 11) is 0. The SMILES string of the molecule is CCCOC(=O)c1ccc(NC(=O)C(C)(C)N)cc1. The smallest absolute Gasteiger partial charge is 0.338 e. The number of nitrogens with one attached hydrogen (secondary N) is 1. The van der Waals surface area contributed by atoms with E-state index in [1.807, 2.05) is 6.92 Å². The number of carbonyl (C=O) groups is 2. The van der Waals surface area contributed by atoms with Crippen molar-refractivity contribution < 1.29 is 14.3 Å². The van der Waals surface area contributed by atoms with Crippen molar-refractivity contribution in [2.45, 2.75) is 32.7 Å². The normalized spacial score (nSPS) is 10.9. The van der Waals surface area contributed by atoms with E-state index in [1.165, 1.54) is 0 Å². The Hall–Kier alpha value is -1.88. The van der Waals surface area contributed by atoms with Gasteiger partial charge in [-0.2, -0.15) is 0 Å². The highest BCUT2D eigenvalue weighted by molar-refractivity contribution is 5.97. The van der Waals surface area contributed by atoms with Crippen LogP contribution in [0.1, 0.15) is 37.6 Å². The van der Waals surface area contributed by atoms with Gasteiger partial charge in [0.1, 0.15) is 0 Å². The molecule has 3 N–H and O–H groups in total. The van der Waals surface area contributed by atoms with Crippen molar-refractivity contribution in [2.24, 2.45) is 5.73 Å². The molecule has 0 saturated carbocycles. The van der Waals surface area contributed by atoms with Crippen LogP contribution < -0.4 is 11.1 Å². The lowest BCUT2D eigenvalue weighted by atomic mass is 10.1. The first-order chi connectivity index (χ1) is 8.84. The van der Waals surface area contributed by atoms with Gasteiger partial charge in [0, 0.05) is 5.69 Å². The van der Waals surface area contributed by atoms with Crippen molar-refractivity contribution in [1.82, 2.24) is 0 Å². The van der Waals surface area contributed by atoms with E-state index in [9.17, 15) is 9.59 Å². The van der Waals surface area contributed by atoms with Gasteiger partial charge in [-0.15, -0.1) is 0 Å². The van der Waals surface area contributed by atoms with Gasteiger partial charge in [0.15, 0.2) is 0 Å². The number of esters is 1. The van der Waals surface area contributed by atoms with Crippen LogP contribution in [0.3, 0.4) is 0 Å². The van der Waals surface area contributed by atoms with Crippen molar-refractivity contribution in [3.05, 3.63) is 29.8 Å². The summed E-state index contributed by atoms with van der Waals surface area (Å²) in [6.45, 7) is 5.58. The third-order valence-corrected chi connectivity index (χ3v) is 2.40. The van der Waals surface area contributed by atoms with Gasteiger partial charge in [-0.1, -0.05) is 6.92 Å². The molecule has 1 amide bonds. The molecule has 0 atom stereocenters. The number of amides is 1. The molecule has 19 heavy (non-hydrogen) atoms. The predicted octanol–water partition coefficient (Wildman–Crippen LogP) is 1.93. The van der Waals surface area contributed by atoms with E-state index in [2.05, 4.69) is 5.32 Å². The second-order valence-corrected chi connectivity index (χ2v) is 4.89. The number of benzene rings is 1. The molecule has 1 aromatic carbocycles. The number of nitrogens with two attached hydrogens (primary N) is 1. The van der Waals surface area contributed by atoms with Crippen LogP contribution in [0.25, 0.3) is 0 Å². The minimum atomic E-state index is -0.946. The summed E-state index contributed by atoms with van der Waals surface area (Å²) in [5, 5.41) is 2.68. The molecule has 5 heteroatoms. The van der Waals surface area contributed by atoms with Crippen LogP contribution >= 0.6 is 0 Å². The number of hydrogen-bond acceptors (Lipinski definition) is 4. The molecular weight excluding hydrogens is 244 g/mol. The molecule has 0 unspecified atom stereocenters. The van der Waals surface area contributed by atoms with Gasteiger partial charge in [0.25, 0.3) is 0 Å². The maximum atomic E-state index is 11.7. The zero-order chi connectivity index (χ0) is 14.5. The first-order valence-electron chi connectivity index (χ1n) is 6.22. The number of hydrogen-bond donors (Lipinski definition) is 2. The van der Waals surface area contributed by atoms with Crippen molar-refractivity contribution >= 4 is 17.6 Å². The van der Waals surface area contributed by atoms with Gasteiger partial charge in [0.05, 0.1) is 17.7 Å². The molecule has 1 rings (SSSR count). The first-order valence-corrected chi connectivity index (χ1v) is 6.22. The van der Waals surface area contributed by atoms with Gasteiger partial charge >= 0.3 is 5.97 Å². The van der Waals surface area contributed by atoms with Gasteiger partial charge in [-0.25, -0.2) is 4.79 Å². The largest absolute Gasteiger partial charge is 0.462 e. The topological polar surface area (TPSA) is 81.4 Å². The third kappa shape index (κ3) is 4.71. The molecule has 0 aliphatic rings. The summed E-state index contributed by atoms with van der Waals surface area (Å²) in [6, 6.07) is 6.51. The third-order valence-electron chi connectivity index (χ3n) is 2.40. The van der Waals surface area contributed by atoms with E-state index >= 15 is 0 Å². The minimum Gasteiger partial charge on any atom is -0.462 e. The monoisotopic (exact) mass is 264 g/mol. The van der Waals surface area contributed by atoms with Crippen molar-refractivity contribution in [3.8, 4) is 0 Å². The zero-order valence-electron chi connectivity index (χ0n) is 11.5. The maximum absolute atomic E-state index is 11.7. The lowest BCUT2D eigenvalue weighted by Crippen LogP contribution is -2.45. The Morgan fingerprint density at radius 1 is 1.26 bits per heavy atom. The summed E-state index contributed by atoms with van der Waals surface area (Å²) in [5.74, 6) is -0.646. The van der Waals surface area contributed by atoms with Crippen LogP contribution in [0.4, 0.5) is 5.69 Å². The van der Waals surface area contributed by atoms with Crippen LogP contribution in [-0.2, 0) is 9.53 Å². The van der Waals surface area contributed by atoms with Gasteiger partial charge in [-0.3, -0.25) is 4.79 Å². The highest BCUT2D eigenvalue weighted by atomic mass is 16.5. The lowest BCUT2D eigenvalue weighted by molar-refractivity contribution is -0.120. The second-order valence-electron chi connectivity index (χ2n) is 4.89.